The van der Waals surface area contributed by atoms with Gasteiger partial charge in [0.25, 0.3) is 0 Å². The van der Waals surface area contributed by atoms with E-state index >= 15 is 0 Å². The van der Waals surface area contributed by atoms with Crippen molar-refractivity contribution in [3.8, 4) is 5.75 Å². The maximum absolute atomic E-state index is 11.0. The minimum Gasteiger partial charge on any atom is -0.496 e. The third-order valence-corrected chi connectivity index (χ3v) is 2.67. The van der Waals surface area contributed by atoms with E-state index in [1.807, 2.05) is 0 Å². The molecule has 0 spiro atoms. The third kappa shape index (κ3) is 3.96. The van der Waals surface area contributed by atoms with Gasteiger partial charge in [0, 0.05) is 12.0 Å². The summed E-state index contributed by atoms with van der Waals surface area (Å²) in [6.45, 7) is 0. The summed E-state index contributed by atoms with van der Waals surface area (Å²) < 4.78 is 9.58. The average Bonchev–Trinajstić information content (AvgIpc) is 2.43. The first kappa shape index (κ1) is 15.0. The number of carbonyl (C=O) groups excluding carboxylic acids is 1. The number of carboxylic acid groups (broad SMARTS) is 1. The third-order valence-electron chi connectivity index (χ3n) is 2.67. The highest BCUT2D eigenvalue weighted by atomic mass is 16.5. The molecule has 0 radical (unpaired) electrons. The molecule has 0 amide bonds. The van der Waals surface area contributed by atoms with Crippen LogP contribution in [0.1, 0.15) is 23.7 Å². The highest BCUT2D eigenvalue weighted by molar-refractivity contribution is 5.75. The lowest BCUT2D eigenvalue weighted by molar-refractivity contribution is -0.147. The van der Waals surface area contributed by atoms with Crippen molar-refractivity contribution in [1.29, 1.82) is 0 Å². The lowest BCUT2D eigenvalue weighted by Gasteiger charge is -2.12. The highest BCUT2D eigenvalue weighted by Crippen LogP contribution is 2.27. The van der Waals surface area contributed by atoms with Gasteiger partial charge in [0.2, 0.25) is 0 Å². The van der Waals surface area contributed by atoms with Crippen molar-refractivity contribution in [3.63, 3.8) is 0 Å². The minimum absolute atomic E-state index is 0.178. The Bertz CT molecular complexity index is 468. The van der Waals surface area contributed by atoms with Crippen LogP contribution in [0.15, 0.2) is 18.2 Å². The Kier molecular flexibility index (Phi) is 5.32. The molecule has 0 saturated heterocycles. The smallest absolute Gasteiger partial charge is 0.337 e. The van der Waals surface area contributed by atoms with Gasteiger partial charge in [-0.25, -0.2) is 4.79 Å². The zero-order chi connectivity index (χ0) is 14.4. The molecule has 2 N–H and O–H groups in total. The Labute approximate surface area is 110 Å². The summed E-state index contributed by atoms with van der Waals surface area (Å²) in [5.74, 6) is -1.40. The average molecular weight is 268 g/mol. The number of aliphatic carboxylic acids is 1. The summed E-state index contributed by atoms with van der Waals surface area (Å²) >= 11 is 0. The lowest BCUT2D eigenvalue weighted by Crippen LogP contribution is -2.12. The van der Waals surface area contributed by atoms with Gasteiger partial charge in [0.05, 0.1) is 14.2 Å². The number of aliphatic hydroxyl groups excluding tert-OH is 1. The van der Waals surface area contributed by atoms with Gasteiger partial charge in [-0.3, -0.25) is 4.79 Å². The van der Waals surface area contributed by atoms with E-state index in [4.69, 9.17) is 9.84 Å². The number of carboxylic acids is 1. The number of ether oxygens (including phenoxy) is 2. The number of hydrogen-bond donors (Lipinski definition) is 2. The second kappa shape index (κ2) is 6.75. The van der Waals surface area contributed by atoms with Crippen LogP contribution < -0.4 is 4.74 Å². The molecule has 0 fully saturated rings. The molecule has 0 aliphatic carbocycles. The van der Waals surface area contributed by atoms with Crippen LogP contribution in [0.25, 0.3) is 0 Å². The Hall–Kier alpha value is -2.08. The van der Waals surface area contributed by atoms with Crippen molar-refractivity contribution >= 4 is 11.9 Å². The molecule has 6 heteroatoms. The van der Waals surface area contributed by atoms with Crippen LogP contribution in [0.3, 0.4) is 0 Å². The summed E-state index contributed by atoms with van der Waals surface area (Å²) in [6, 6.07) is 4.72. The number of esters is 1. The topological polar surface area (TPSA) is 93.1 Å². The van der Waals surface area contributed by atoms with Crippen LogP contribution in [0.2, 0.25) is 0 Å². The molecule has 0 aliphatic heterocycles. The van der Waals surface area contributed by atoms with Crippen LogP contribution in [0.5, 0.6) is 5.75 Å². The molecule has 1 rings (SSSR count). The first-order chi connectivity index (χ1) is 8.99. The van der Waals surface area contributed by atoms with Crippen molar-refractivity contribution < 1.29 is 29.3 Å². The van der Waals surface area contributed by atoms with E-state index in [9.17, 15) is 14.7 Å². The fourth-order valence-corrected chi connectivity index (χ4v) is 1.62. The fraction of sp³-hybridized carbons (Fsp3) is 0.385. The SMILES string of the molecule is COC(=O)CCc1ccc(C(O)C(=O)O)c(OC)c1. The Morgan fingerprint density at radius 3 is 2.53 bits per heavy atom. The van der Waals surface area contributed by atoms with E-state index in [1.54, 1.807) is 12.1 Å². The van der Waals surface area contributed by atoms with Gasteiger partial charge in [0.15, 0.2) is 6.10 Å². The van der Waals surface area contributed by atoms with E-state index in [1.165, 1.54) is 20.3 Å². The van der Waals surface area contributed by atoms with Crippen LogP contribution in [-0.4, -0.2) is 36.4 Å². The molecular weight excluding hydrogens is 252 g/mol. The number of aliphatic hydroxyl groups is 1. The lowest BCUT2D eigenvalue weighted by atomic mass is 10.0. The molecule has 0 saturated carbocycles. The zero-order valence-corrected chi connectivity index (χ0v) is 10.8. The fourth-order valence-electron chi connectivity index (χ4n) is 1.62. The molecule has 104 valence electrons. The first-order valence-corrected chi connectivity index (χ1v) is 5.64. The van der Waals surface area contributed by atoms with E-state index < -0.39 is 12.1 Å². The van der Waals surface area contributed by atoms with Crippen LogP contribution in [0, 0.1) is 0 Å². The Morgan fingerprint density at radius 1 is 1.32 bits per heavy atom. The molecule has 0 bridgehead atoms. The van der Waals surface area contributed by atoms with Crippen LogP contribution >= 0.6 is 0 Å². The van der Waals surface area contributed by atoms with Crippen molar-refractivity contribution in [2.45, 2.75) is 18.9 Å². The molecule has 1 aromatic rings. The van der Waals surface area contributed by atoms with Gasteiger partial charge >= 0.3 is 11.9 Å². The number of benzene rings is 1. The molecule has 1 atom stereocenters. The number of hydrogen-bond acceptors (Lipinski definition) is 5. The van der Waals surface area contributed by atoms with E-state index in [-0.39, 0.29) is 23.7 Å². The highest BCUT2D eigenvalue weighted by Gasteiger charge is 2.20. The Morgan fingerprint density at radius 2 is 2.00 bits per heavy atom. The standard InChI is InChI=1S/C13H16O6/c1-18-10-7-8(4-6-11(14)19-2)3-5-9(10)12(15)13(16)17/h3,5,7,12,15H,4,6H2,1-2H3,(H,16,17). The first-order valence-electron chi connectivity index (χ1n) is 5.64. The number of aryl methyl sites for hydroxylation is 1. The normalized spacial score (nSPS) is 11.7. The molecule has 6 nitrogen and oxygen atoms in total. The van der Waals surface area contributed by atoms with Gasteiger partial charge in [0.1, 0.15) is 5.75 Å². The summed E-state index contributed by atoms with van der Waals surface area (Å²) in [4.78, 5) is 21.8. The van der Waals surface area contributed by atoms with Crippen molar-refractivity contribution in [3.05, 3.63) is 29.3 Å². The predicted molar refractivity (Wildman–Crippen MR) is 65.9 cm³/mol. The van der Waals surface area contributed by atoms with Crippen molar-refractivity contribution in [2.24, 2.45) is 0 Å². The molecular formula is C13H16O6. The Balaban J connectivity index is 2.89. The van der Waals surface area contributed by atoms with E-state index in [0.717, 1.165) is 5.56 Å². The van der Waals surface area contributed by atoms with Gasteiger partial charge in [-0.1, -0.05) is 12.1 Å². The van der Waals surface area contributed by atoms with Gasteiger partial charge in [-0.2, -0.15) is 0 Å². The monoisotopic (exact) mass is 268 g/mol. The molecule has 0 aromatic heterocycles. The second-order valence-electron chi connectivity index (χ2n) is 3.89. The molecule has 0 heterocycles. The van der Waals surface area contributed by atoms with Crippen LogP contribution in [0.4, 0.5) is 0 Å². The number of carbonyl (C=O) groups is 2. The second-order valence-corrected chi connectivity index (χ2v) is 3.89. The predicted octanol–water partition coefficient (Wildman–Crippen LogP) is 0.919. The largest absolute Gasteiger partial charge is 0.496 e. The maximum atomic E-state index is 11.0. The van der Waals surface area contributed by atoms with Crippen LogP contribution in [-0.2, 0) is 20.7 Å². The van der Waals surface area contributed by atoms with Crippen molar-refractivity contribution in [1.82, 2.24) is 0 Å². The van der Waals surface area contributed by atoms with Gasteiger partial charge in [-0.05, 0) is 18.1 Å². The molecule has 1 aromatic carbocycles. The summed E-state index contributed by atoms with van der Waals surface area (Å²) in [7, 11) is 2.70. The quantitative estimate of drug-likeness (QED) is 0.745. The van der Waals surface area contributed by atoms with Gasteiger partial charge < -0.3 is 19.7 Å². The molecule has 0 aliphatic rings. The summed E-state index contributed by atoms with van der Waals surface area (Å²) in [5, 5.41) is 18.3. The number of rotatable bonds is 6. The summed E-state index contributed by atoms with van der Waals surface area (Å²) in [6.07, 6.45) is -0.961. The van der Waals surface area contributed by atoms with E-state index in [2.05, 4.69) is 4.74 Å². The molecule has 1 unspecified atom stereocenters. The summed E-state index contributed by atoms with van der Waals surface area (Å²) in [5.41, 5.74) is 0.973. The minimum atomic E-state index is -1.63. The maximum Gasteiger partial charge on any atom is 0.337 e. The van der Waals surface area contributed by atoms with Gasteiger partial charge in [-0.15, -0.1) is 0 Å². The zero-order valence-electron chi connectivity index (χ0n) is 10.8. The number of methoxy groups -OCH3 is 2. The van der Waals surface area contributed by atoms with E-state index in [0.29, 0.717) is 6.42 Å². The van der Waals surface area contributed by atoms with Crippen molar-refractivity contribution in [2.75, 3.05) is 14.2 Å². The molecule has 19 heavy (non-hydrogen) atoms.